The van der Waals surface area contributed by atoms with Crippen molar-refractivity contribution in [3.05, 3.63) is 0 Å². The molecule has 0 radical (unpaired) electrons. The summed E-state index contributed by atoms with van der Waals surface area (Å²) in [6.45, 7) is 3.65. The van der Waals surface area contributed by atoms with Gasteiger partial charge in [0.25, 0.3) is 0 Å². The summed E-state index contributed by atoms with van der Waals surface area (Å²) in [5, 5.41) is 15.7. The number of nitrogens with zero attached hydrogens (tertiary/aromatic N) is 4. The minimum absolute atomic E-state index is 0.0759. The monoisotopic (exact) mass is 365 g/mol. The molecule has 25 heavy (non-hydrogen) atoms. The van der Waals surface area contributed by atoms with Crippen molar-refractivity contribution in [1.82, 2.24) is 25.5 Å². The third-order valence-corrected chi connectivity index (χ3v) is 7.01. The lowest BCUT2D eigenvalue weighted by molar-refractivity contribution is -0.119. The maximum absolute atomic E-state index is 12.3. The highest BCUT2D eigenvalue weighted by molar-refractivity contribution is 7.99. The Kier molecular flexibility index (Phi) is 5.26. The average molecular weight is 366 g/mol. The van der Waals surface area contributed by atoms with Crippen molar-refractivity contribution in [2.75, 3.05) is 12.4 Å². The van der Waals surface area contributed by atoms with E-state index in [2.05, 4.69) is 27.8 Å². The lowest BCUT2D eigenvalue weighted by atomic mass is 9.84. The molecule has 138 valence electrons. The van der Waals surface area contributed by atoms with Gasteiger partial charge in [-0.2, -0.15) is 0 Å². The fraction of sp³-hybridized carbons (Fsp3) is 0.882. The summed E-state index contributed by atoms with van der Waals surface area (Å²) >= 11 is 1.40. The molecular formula is C17H27N5O2S. The van der Waals surface area contributed by atoms with Crippen LogP contribution in [0, 0.1) is 17.8 Å². The van der Waals surface area contributed by atoms with Crippen molar-refractivity contribution in [2.45, 2.75) is 69.3 Å². The van der Waals surface area contributed by atoms with Crippen molar-refractivity contribution >= 4 is 17.7 Å². The Bertz CT molecular complexity index is 604. The van der Waals surface area contributed by atoms with E-state index in [4.69, 9.17) is 4.74 Å². The molecule has 0 aromatic carbocycles. The fourth-order valence-electron chi connectivity index (χ4n) is 4.83. The lowest BCUT2D eigenvalue weighted by Crippen LogP contribution is -2.41. The highest BCUT2D eigenvalue weighted by atomic mass is 32.2. The van der Waals surface area contributed by atoms with Crippen LogP contribution in [0.2, 0.25) is 0 Å². The van der Waals surface area contributed by atoms with Crippen LogP contribution < -0.4 is 5.32 Å². The summed E-state index contributed by atoms with van der Waals surface area (Å²) in [6, 6.07) is 0.270. The molecule has 0 unspecified atom stereocenters. The van der Waals surface area contributed by atoms with Gasteiger partial charge in [0.2, 0.25) is 11.1 Å². The molecule has 4 rings (SSSR count). The van der Waals surface area contributed by atoms with E-state index in [-0.39, 0.29) is 18.1 Å². The molecule has 1 aromatic rings. The van der Waals surface area contributed by atoms with Crippen molar-refractivity contribution in [2.24, 2.45) is 17.8 Å². The van der Waals surface area contributed by atoms with Crippen molar-refractivity contribution in [3.63, 3.8) is 0 Å². The van der Waals surface area contributed by atoms with Crippen LogP contribution in [0.5, 0.6) is 0 Å². The fourth-order valence-corrected chi connectivity index (χ4v) is 5.53. The van der Waals surface area contributed by atoms with Gasteiger partial charge in [-0.3, -0.25) is 4.79 Å². The number of rotatable bonds is 7. The molecule has 3 fully saturated rings. The van der Waals surface area contributed by atoms with E-state index in [1.807, 2.05) is 0 Å². The molecule has 1 saturated heterocycles. The third-order valence-electron chi connectivity index (χ3n) is 6.06. The number of tetrazole rings is 1. The predicted octanol–water partition coefficient (Wildman–Crippen LogP) is 1.89. The number of carbonyl (C=O) groups excluding carboxylic acids is 1. The molecule has 8 heteroatoms. The van der Waals surface area contributed by atoms with Crippen LogP contribution in [0.1, 0.15) is 45.4 Å². The van der Waals surface area contributed by atoms with Gasteiger partial charge in [0.15, 0.2) is 0 Å². The summed E-state index contributed by atoms with van der Waals surface area (Å²) in [5.74, 6) is 2.83. The number of carbonyl (C=O) groups is 1. The van der Waals surface area contributed by atoms with Crippen molar-refractivity contribution < 1.29 is 9.53 Å². The Labute approximate surface area is 152 Å². The number of hydrogen-bond donors (Lipinski definition) is 1. The Hall–Kier alpha value is -1.15. The second-order valence-corrected chi connectivity index (χ2v) is 8.70. The normalized spacial score (nSPS) is 32.2. The standard InChI is InChI=1S/C17H27N5O2S/c1-11(15-8-12-4-5-13(15)7-12)18-16(23)10-25-17-19-20-21-22(17)9-14-3-2-6-24-14/h11-15H,2-10H2,1H3,(H,18,23)/t11-,12-,13-,14+,15-/m0/s1. The van der Waals surface area contributed by atoms with Crippen LogP contribution in [-0.4, -0.2) is 50.6 Å². The van der Waals surface area contributed by atoms with Crippen LogP contribution >= 0.6 is 11.8 Å². The number of fused-ring (bicyclic) bond motifs is 2. The van der Waals surface area contributed by atoms with Gasteiger partial charge in [0.05, 0.1) is 18.4 Å². The van der Waals surface area contributed by atoms with E-state index < -0.39 is 0 Å². The second kappa shape index (κ2) is 7.61. The first-order valence-corrected chi connectivity index (χ1v) is 10.5. The molecule has 2 bridgehead atoms. The van der Waals surface area contributed by atoms with E-state index >= 15 is 0 Å². The van der Waals surface area contributed by atoms with Crippen molar-refractivity contribution in [1.29, 1.82) is 0 Å². The molecule has 2 saturated carbocycles. The first kappa shape index (κ1) is 17.3. The second-order valence-electron chi connectivity index (χ2n) is 7.76. The topological polar surface area (TPSA) is 81.9 Å². The molecule has 1 aromatic heterocycles. The summed E-state index contributed by atoms with van der Waals surface area (Å²) in [5.41, 5.74) is 0. The lowest BCUT2D eigenvalue weighted by Gasteiger charge is -2.28. The predicted molar refractivity (Wildman–Crippen MR) is 94.1 cm³/mol. The van der Waals surface area contributed by atoms with Gasteiger partial charge in [-0.05, 0) is 67.2 Å². The number of amides is 1. The summed E-state index contributed by atoms with van der Waals surface area (Å²) in [6.07, 6.45) is 7.74. The van der Waals surface area contributed by atoms with E-state index in [1.54, 1.807) is 4.68 Å². The number of aromatic nitrogens is 4. The maximum Gasteiger partial charge on any atom is 0.230 e. The largest absolute Gasteiger partial charge is 0.376 e. The highest BCUT2D eigenvalue weighted by Crippen LogP contribution is 2.49. The van der Waals surface area contributed by atoms with E-state index in [1.165, 1.54) is 37.4 Å². The maximum atomic E-state index is 12.3. The molecule has 7 nitrogen and oxygen atoms in total. The summed E-state index contributed by atoms with van der Waals surface area (Å²) in [4.78, 5) is 12.3. The van der Waals surface area contributed by atoms with Crippen LogP contribution in [0.4, 0.5) is 0 Å². The molecule has 1 aliphatic heterocycles. The van der Waals surface area contributed by atoms with Gasteiger partial charge < -0.3 is 10.1 Å². The average Bonchev–Trinajstić information content (AvgIpc) is 3.38. The molecule has 0 spiro atoms. The SMILES string of the molecule is C[C@H](NC(=O)CSc1nnnn1C[C@H]1CCCO1)[C@@H]1C[C@H]2CC[C@H]1C2. The van der Waals surface area contributed by atoms with Gasteiger partial charge in [0, 0.05) is 12.6 Å². The molecule has 5 atom stereocenters. The Balaban J connectivity index is 1.24. The minimum atomic E-state index is 0.0759. The van der Waals surface area contributed by atoms with Gasteiger partial charge in [-0.1, -0.05) is 18.2 Å². The molecule has 3 aliphatic rings. The van der Waals surface area contributed by atoms with Gasteiger partial charge >= 0.3 is 0 Å². The number of thioether (sulfide) groups is 1. The van der Waals surface area contributed by atoms with E-state index in [0.29, 0.717) is 23.4 Å². The minimum Gasteiger partial charge on any atom is -0.376 e. The number of ether oxygens (including phenoxy) is 1. The van der Waals surface area contributed by atoms with Crippen LogP contribution in [0.15, 0.2) is 5.16 Å². The molecule has 1 amide bonds. The van der Waals surface area contributed by atoms with E-state index in [0.717, 1.165) is 31.3 Å². The van der Waals surface area contributed by atoms with Gasteiger partial charge in [-0.25, -0.2) is 4.68 Å². The molecular weight excluding hydrogens is 338 g/mol. The zero-order valence-electron chi connectivity index (χ0n) is 14.8. The number of hydrogen-bond acceptors (Lipinski definition) is 6. The number of nitrogens with one attached hydrogen (secondary N) is 1. The van der Waals surface area contributed by atoms with E-state index in [9.17, 15) is 4.79 Å². The Morgan fingerprint density at radius 2 is 2.32 bits per heavy atom. The first-order chi connectivity index (χ1) is 12.2. The molecule has 1 N–H and O–H groups in total. The first-order valence-electron chi connectivity index (χ1n) is 9.49. The van der Waals surface area contributed by atoms with Crippen LogP contribution in [0.3, 0.4) is 0 Å². The van der Waals surface area contributed by atoms with Crippen LogP contribution in [0.25, 0.3) is 0 Å². The van der Waals surface area contributed by atoms with Gasteiger partial charge in [0.1, 0.15) is 0 Å². The zero-order valence-corrected chi connectivity index (χ0v) is 15.6. The summed E-state index contributed by atoms with van der Waals surface area (Å²) < 4.78 is 7.39. The van der Waals surface area contributed by atoms with Crippen molar-refractivity contribution in [3.8, 4) is 0 Å². The zero-order chi connectivity index (χ0) is 17.2. The Morgan fingerprint density at radius 3 is 3.04 bits per heavy atom. The highest BCUT2D eigenvalue weighted by Gasteiger charge is 2.42. The summed E-state index contributed by atoms with van der Waals surface area (Å²) in [7, 11) is 0. The molecule has 2 heterocycles. The van der Waals surface area contributed by atoms with Crippen LogP contribution in [-0.2, 0) is 16.1 Å². The Morgan fingerprint density at radius 1 is 1.40 bits per heavy atom. The van der Waals surface area contributed by atoms with Gasteiger partial charge in [-0.15, -0.1) is 5.10 Å². The smallest absolute Gasteiger partial charge is 0.230 e. The quantitative estimate of drug-likeness (QED) is 0.743. The molecule has 2 aliphatic carbocycles. The third kappa shape index (κ3) is 4.00.